The van der Waals surface area contributed by atoms with Gasteiger partial charge in [0.05, 0.1) is 39.6 Å². The average Bonchev–Trinajstić information content (AvgIpc) is 3.75. The summed E-state index contributed by atoms with van der Waals surface area (Å²) in [7, 11) is 3.87. The van der Waals surface area contributed by atoms with Gasteiger partial charge in [-0.15, -0.1) is 0 Å². The van der Waals surface area contributed by atoms with E-state index in [1.165, 1.54) is 0 Å². The Morgan fingerprint density at radius 3 is 0.900 bits per heavy atom. The van der Waals surface area contributed by atoms with E-state index in [-0.39, 0.29) is 21.5 Å². The van der Waals surface area contributed by atoms with Crippen LogP contribution in [0.5, 0.6) is 23.0 Å². The third-order valence-corrected chi connectivity index (χ3v) is 11.6. The van der Waals surface area contributed by atoms with Crippen LogP contribution in [0.1, 0.15) is 33.4 Å². The highest BCUT2D eigenvalue weighted by molar-refractivity contribution is 6.43. The first-order chi connectivity index (χ1) is 28.4. The smallest absolute Gasteiger partial charge is 0.235 e. The zero-order valence-electron chi connectivity index (χ0n) is 34.2. The van der Waals surface area contributed by atoms with Gasteiger partial charge >= 0.3 is 0 Å². The number of aryl methyl sites for hydroxylation is 6. The highest BCUT2D eigenvalue weighted by Gasteiger charge is 2.37. The Kier molecular flexibility index (Phi) is 9.41. The molecule has 8 rings (SSSR count). The molecule has 0 fully saturated rings. The Morgan fingerprint density at radius 1 is 0.333 bits per heavy atom. The largest absolute Gasteiger partial charge is 0.493 e. The summed E-state index contributed by atoms with van der Waals surface area (Å²) < 4.78 is 115. The van der Waals surface area contributed by atoms with Gasteiger partial charge in [0.25, 0.3) is 0 Å². The lowest BCUT2D eigenvalue weighted by atomic mass is 9.85. The minimum absolute atomic E-state index is 0.131. The maximum Gasteiger partial charge on any atom is 0.235 e. The number of methoxy groups -OCH3 is 4. The van der Waals surface area contributed by atoms with Gasteiger partial charge in [0.2, 0.25) is 45.8 Å². The van der Waals surface area contributed by atoms with Gasteiger partial charge in [0, 0.05) is 21.9 Å². The van der Waals surface area contributed by atoms with Crippen LogP contribution in [0, 0.1) is 76.4 Å². The van der Waals surface area contributed by atoms with E-state index in [1.807, 2.05) is 65.8 Å². The lowest BCUT2D eigenvalue weighted by Crippen LogP contribution is -2.28. The molecule has 8 aromatic carbocycles. The first kappa shape index (κ1) is 40.2. The molecule has 12 heteroatoms. The van der Waals surface area contributed by atoms with Gasteiger partial charge in [-0.05, 0) is 119 Å². The zero-order chi connectivity index (χ0) is 43.5. The summed E-state index contributed by atoms with van der Waals surface area (Å²) in [6.07, 6.45) is 0. The van der Waals surface area contributed by atoms with Crippen molar-refractivity contribution in [3.63, 3.8) is 0 Å². The number of hydrogen-bond acceptors (Lipinski definition) is 6. The van der Waals surface area contributed by atoms with Crippen LogP contribution in [0.4, 0.5) is 26.3 Å². The summed E-state index contributed by atoms with van der Waals surface area (Å²) in [5.41, 5.74) is -0.500. The van der Waals surface area contributed by atoms with Gasteiger partial charge in [-0.2, -0.15) is 17.6 Å². The second-order valence-electron chi connectivity index (χ2n) is 15.2. The summed E-state index contributed by atoms with van der Waals surface area (Å²) in [6, 6.07) is 11.5. The van der Waals surface area contributed by atoms with Crippen molar-refractivity contribution < 1.29 is 45.3 Å². The normalized spacial score (nSPS) is 11.8. The Bertz CT molecular complexity index is 3090. The average molecular weight is 823 g/mol. The third-order valence-electron chi connectivity index (χ3n) is 11.6. The second kappa shape index (κ2) is 14.0. The van der Waals surface area contributed by atoms with Crippen molar-refractivity contribution in [2.24, 2.45) is 0 Å². The van der Waals surface area contributed by atoms with Gasteiger partial charge in [0.1, 0.15) is 0 Å². The van der Waals surface area contributed by atoms with Crippen molar-refractivity contribution >= 4 is 53.9 Å². The van der Waals surface area contributed by atoms with Gasteiger partial charge in [-0.25, -0.2) is 8.78 Å². The Morgan fingerprint density at radius 2 is 0.617 bits per heavy atom. The van der Waals surface area contributed by atoms with Crippen LogP contribution in [0.2, 0.25) is 0 Å². The molecule has 8 aromatic rings. The predicted molar refractivity (Wildman–Crippen MR) is 223 cm³/mol. The predicted octanol–water partition coefficient (Wildman–Crippen LogP) is 11.7. The summed E-state index contributed by atoms with van der Waals surface area (Å²) in [5, 5.41) is 4.34. The number of benzene rings is 4. The van der Waals surface area contributed by atoms with E-state index in [9.17, 15) is 0 Å². The molecule has 60 heavy (non-hydrogen) atoms. The van der Waals surface area contributed by atoms with Crippen LogP contribution < -0.4 is 29.8 Å². The van der Waals surface area contributed by atoms with Crippen LogP contribution in [0.25, 0.3) is 76.1 Å². The van der Waals surface area contributed by atoms with E-state index in [4.69, 9.17) is 18.9 Å². The van der Waals surface area contributed by atoms with E-state index in [1.54, 1.807) is 12.1 Å². The van der Waals surface area contributed by atoms with Crippen molar-refractivity contribution in [3.8, 4) is 45.3 Å². The summed E-state index contributed by atoms with van der Waals surface area (Å²) in [6.45, 7) is 11.5. The standard InChI is InChI=1S/C48H36F6O6/c1-17-11-19(3)23-15-25-29(27(23)21(5)13-17)30-26(16-24-20(4)12-18(2)14-22(6)28(24)30)32-31(25)33(35-45(57-7)39(51)37(49)40(52)46(35)58-8)43(55)44(56)34(32)36-47(59-9)41(53)38(50)42(54)48(36)60-10/h11-16H,1-10H3. The van der Waals surface area contributed by atoms with Gasteiger partial charge < -0.3 is 18.9 Å². The van der Waals surface area contributed by atoms with E-state index in [2.05, 4.69) is 0 Å². The third kappa shape index (κ3) is 5.28. The number of ether oxygens (including phenoxy) is 4. The fourth-order valence-electron chi connectivity index (χ4n) is 9.40. The lowest BCUT2D eigenvalue weighted by Gasteiger charge is -2.21. The van der Waals surface area contributed by atoms with Crippen molar-refractivity contribution in [2.75, 3.05) is 28.4 Å². The Hall–Kier alpha value is -6.56. The molecule has 6 nitrogen and oxygen atoms in total. The van der Waals surface area contributed by atoms with Crippen LogP contribution in [0.15, 0.2) is 46.0 Å². The molecular weight excluding hydrogens is 787 g/mol. The highest BCUT2D eigenvalue weighted by Crippen LogP contribution is 2.55. The first-order valence-corrected chi connectivity index (χ1v) is 18.7. The summed E-state index contributed by atoms with van der Waals surface area (Å²) >= 11 is 0. The minimum Gasteiger partial charge on any atom is -0.493 e. The fourth-order valence-corrected chi connectivity index (χ4v) is 9.40. The molecule has 0 aliphatic carbocycles. The molecular formula is C48H36F6O6. The van der Waals surface area contributed by atoms with Crippen LogP contribution in [0.3, 0.4) is 0 Å². The molecule has 0 radical (unpaired) electrons. The molecule has 0 saturated carbocycles. The second-order valence-corrected chi connectivity index (χ2v) is 15.2. The topological polar surface area (TPSA) is 71.1 Å². The molecule has 0 unspecified atom stereocenters. The molecule has 0 amide bonds. The summed E-state index contributed by atoms with van der Waals surface area (Å²) in [4.78, 5) is 30.3. The quantitative estimate of drug-likeness (QED) is 0.0945. The maximum absolute atomic E-state index is 15.9. The molecule has 0 heterocycles. The van der Waals surface area contributed by atoms with Crippen LogP contribution in [-0.4, -0.2) is 28.4 Å². The van der Waals surface area contributed by atoms with Crippen molar-refractivity contribution in [1.82, 2.24) is 0 Å². The van der Waals surface area contributed by atoms with E-state index in [0.29, 0.717) is 21.5 Å². The number of rotatable bonds is 6. The molecule has 0 N–H and O–H groups in total. The molecule has 0 aliphatic rings. The molecule has 0 spiro atoms. The highest BCUT2D eigenvalue weighted by atomic mass is 19.2. The van der Waals surface area contributed by atoms with Gasteiger partial charge in [0.15, 0.2) is 23.0 Å². The molecule has 0 atom stereocenters. The van der Waals surface area contributed by atoms with Crippen molar-refractivity contribution in [2.45, 2.75) is 41.5 Å². The maximum atomic E-state index is 15.9. The monoisotopic (exact) mass is 822 g/mol. The molecule has 306 valence electrons. The SMILES string of the molecule is COc1c(F)c(F)c(F)c(OC)c1-c1c(=O)c(=O)c(-c2c(OC)c(F)c(F)c(F)c2OC)c2c3cc4c(C)cc(C)cc(C)c4c3c3c(cc4c(C)cc(C)cc(C)c43)c12. The van der Waals surface area contributed by atoms with E-state index < -0.39 is 91.0 Å². The molecule has 0 bridgehead atoms. The number of halogens is 6. The molecule has 0 aliphatic heterocycles. The molecule has 0 aromatic heterocycles. The summed E-state index contributed by atoms with van der Waals surface area (Å²) in [5.74, 6) is -15.0. The Labute approximate surface area is 338 Å². The van der Waals surface area contributed by atoms with Crippen LogP contribution >= 0.6 is 0 Å². The fraction of sp³-hybridized carbons (Fsp3) is 0.208. The van der Waals surface area contributed by atoms with Crippen LogP contribution in [-0.2, 0) is 0 Å². The first-order valence-electron chi connectivity index (χ1n) is 18.7. The Balaban J connectivity index is 1.89. The van der Waals surface area contributed by atoms with Gasteiger partial charge in [-0.3, -0.25) is 9.59 Å². The van der Waals surface area contributed by atoms with Gasteiger partial charge in [-0.1, -0.05) is 35.4 Å². The van der Waals surface area contributed by atoms with E-state index in [0.717, 1.165) is 72.6 Å². The molecule has 0 saturated heterocycles. The number of fused-ring (bicyclic) bond motifs is 10. The minimum atomic E-state index is -1.97. The number of hydrogen-bond donors (Lipinski definition) is 0. The zero-order valence-corrected chi connectivity index (χ0v) is 34.2. The van der Waals surface area contributed by atoms with Crippen molar-refractivity contribution in [3.05, 3.63) is 125 Å². The van der Waals surface area contributed by atoms with Crippen molar-refractivity contribution in [1.29, 1.82) is 0 Å². The van der Waals surface area contributed by atoms with E-state index >= 15 is 35.9 Å². The lowest BCUT2D eigenvalue weighted by molar-refractivity contribution is 0.333.